The van der Waals surface area contributed by atoms with Crippen LogP contribution in [0.3, 0.4) is 0 Å². The SMILES string of the molecule is CNCC(=O)Nc1c(Cl)cc2c(c1O)C(=O)C1=C(O)[C@]3(O)C(=O)C(C(N)=O)=C(O)[C@@H](N(C)C)C3CC1C2. The van der Waals surface area contributed by atoms with Gasteiger partial charge >= 0.3 is 0 Å². The average Bonchev–Trinajstić information content (AvgIpc) is 2.78. The first kappa shape index (κ1) is 26.6. The summed E-state index contributed by atoms with van der Waals surface area (Å²) in [6.07, 6.45) is 0.0529. The minimum atomic E-state index is -2.73. The Morgan fingerprint density at radius 2 is 1.89 bits per heavy atom. The Morgan fingerprint density at radius 1 is 1.24 bits per heavy atom. The normalized spacial score (nSPS) is 27.1. The Hall–Kier alpha value is -3.45. The van der Waals surface area contributed by atoms with E-state index in [9.17, 15) is 39.6 Å². The number of ketones is 2. The van der Waals surface area contributed by atoms with Crippen molar-refractivity contribution in [1.82, 2.24) is 10.2 Å². The monoisotopic (exact) mass is 534 g/mol. The maximum atomic E-state index is 13.6. The van der Waals surface area contributed by atoms with Crippen molar-refractivity contribution in [3.63, 3.8) is 0 Å². The number of benzene rings is 1. The molecule has 3 aliphatic rings. The number of Topliss-reactive ketones (excluding diaryl/α,β-unsaturated/α-hetero) is 2. The van der Waals surface area contributed by atoms with E-state index in [1.165, 1.54) is 11.0 Å². The van der Waals surface area contributed by atoms with Gasteiger partial charge in [0.2, 0.25) is 11.7 Å². The molecule has 3 aliphatic carbocycles. The zero-order chi connectivity index (χ0) is 27.6. The molecule has 2 unspecified atom stereocenters. The molecule has 13 heteroatoms. The molecular weight excluding hydrogens is 508 g/mol. The van der Waals surface area contributed by atoms with E-state index in [0.717, 1.165) is 0 Å². The Morgan fingerprint density at radius 3 is 2.46 bits per heavy atom. The van der Waals surface area contributed by atoms with Gasteiger partial charge in [-0.25, -0.2) is 0 Å². The van der Waals surface area contributed by atoms with E-state index in [2.05, 4.69) is 10.6 Å². The van der Waals surface area contributed by atoms with Crippen molar-refractivity contribution in [2.75, 3.05) is 33.0 Å². The molecule has 0 heterocycles. The van der Waals surface area contributed by atoms with E-state index in [-0.39, 0.29) is 41.2 Å². The minimum absolute atomic E-state index is 0.0110. The fourth-order valence-electron chi connectivity index (χ4n) is 5.73. The number of carbonyl (C=O) groups is 4. The van der Waals surface area contributed by atoms with Gasteiger partial charge in [-0.05, 0) is 51.5 Å². The number of anilines is 1. The Kier molecular flexibility index (Phi) is 6.57. The molecule has 4 atom stereocenters. The van der Waals surface area contributed by atoms with Gasteiger partial charge in [0.15, 0.2) is 17.1 Å². The first-order valence-electron chi connectivity index (χ1n) is 11.4. The number of amides is 2. The number of carbonyl (C=O) groups excluding carboxylic acids is 4. The predicted molar refractivity (Wildman–Crippen MR) is 131 cm³/mol. The van der Waals surface area contributed by atoms with Gasteiger partial charge in [-0.3, -0.25) is 24.1 Å². The molecule has 0 spiro atoms. The quantitative estimate of drug-likeness (QED) is 0.198. The summed E-state index contributed by atoms with van der Waals surface area (Å²) in [5.74, 6) is -8.09. The molecule has 198 valence electrons. The number of hydrogen-bond donors (Lipinski definition) is 7. The van der Waals surface area contributed by atoms with E-state index in [1.54, 1.807) is 21.1 Å². The molecule has 8 N–H and O–H groups in total. The molecule has 1 aromatic rings. The number of primary amides is 1. The van der Waals surface area contributed by atoms with Crippen molar-refractivity contribution in [2.45, 2.75) is 24.5 Å². The van der Waals surface area contributed by atoms with Crippen LogP contribution < -0.4 is 16.4 Å². The lowest BCUT2D eigenvalue weighted by atomic mass is 9.58. The third-order valence-electron chi connectivity index (χ3n) is 7.27. The molecule has 0 saturated heterocycles. The summed E-state index contributed by atoms with van der Waals surface area (Å²) in [7, 11) is 4.64. The van der Waals surface area contributed by atoms with Gasteiger partial charge in [0.1, 0.15) is 22.8 Å². The highest BCUT2D eigenvalue weighted by Gasteiger charge is 2.63. The van der Waals surface area contributed by atoms with Gasteiger partial charge in [0.05, 0.1) is 23.2 Å². The highest BCUT2D eigenvalue weighted by molar-refractivity contribution is 6.35. The molecule has 0 saturated carbocycles. The van der Waals surface area contributed by atoms with Gasteiger partial charge in [0, 0.05) is 11.5 Å². The second kappa shape index (κ2) is 9.14. The van der Waals surface area contributed by atoms with Crippen LogP contribution in [0, 0.1) is 11.8 Å². The van der Waals surface area contributed by atoms with E-state index in [0.29, 0.717) is 5.56 Å². The third-order valence-corrected chi connectivity index (χ3v) is 7.57. The smallest absolute Gasteiger partial charge is 0.255 e. The van der Waals surface area contributed by atoms with Gasteiger partial charge in [-0.15, -0.1) is 0 Å². The summed E-state index contributed by atoms with van der Waals surface area (Å²) in [4.78, 5) is 52.5. The molecule has 0 fully saturated rings. The molecule has 0 aromatic heterocycles. The number of phenolic OH excluding ortho intramolecular Hbond substituents is 1. The molecular formula is C24H27ClN4O8. The molecule has 0 radical (unpaired) electrons. The Balaban J connectivity index is 1.90. The zero-order valence-electron chi connectivity index (χ0n) is 20.3. The highest BCUT2D eigenvalue weighted by Crippen LogP contribution is 2.53. The number of aromatic hydroxyl groups is 1. The number of halogens is 1. The number of fused-ring (bicyclic) bond motifs is 3. The van der Waals surface area contributed by atoms with Gasteiger partial charge in [-0.1, -0.05) is 11.6 Å². The molecule has 2 amide bonds. The van der Waals surface area contributed by atoms with Crippen LogP contribution >= 0.6 is 11.6 Å². The number of rotatable bonds is 5. The number of aliphatic hydroxyl groups is 3. The standard InChI is InChI=1S/C24H27ClN4O8/c1-27-7-12(30)28-16-11(25)6-9-4-8-5-10-17(29(2)3)20(33)15(23(26)36)22(35)24(10,37)21(34)14(8)18(31)13(9)19(16)32/h6,8,10,17,27,32-34,37H,4-5,7H2,1-3H3,(H2,26,36)(H,28,30)/t8?,10?,17-,24-/m0/s1. The second-order valence-corrected chi connectivity index (χ2v) is 10.1. The number of nitrogens with zero attached hydrogens (tertiary/aromatic N) is 1. The van der Waals surface area contributed by atoms with E-state index in [1.807, 2.05) is 0 Å². The lowest BCUT2D eigenvalue weighted by Crippen LogP contribution is -2.63. The third kappa shape index (κ3) is 3.79. The molecule has 4 rings (SSSR count). The lowest BCUT2D eigenvalue weighted by Gasteiger charge is -2.50. The number of nitrogens with two attached hydrogens (primary N) is 1. The Bertz CT molecular complexity index is 1320. The molecule has 0 bridgehead atoms. The number of nitrogens with one attached hydrogen (secondary N) is 2. The van der Waals surface area contributed by atoms with Crippen LogP contribution in [0.5, 0.6) is 5.75 Å². The summed E-state index contributed by atoms with van der Waals surface area (Å²) in [6, 6.07) is 0.350. The first-order valence-corrected chi connectivity index (χ1v) is 11.8. The topological polar surface area (TPSA) is 203 Å². The van der Waals surface area contributed by atoms with Crippen LogP contribution in [0.4, 0.5) is 5.69 Å². The minimum Gasteiger partial charge on any atom is -0.510 e. The van der Waals surface area contributed by atoms with Crippen LogP contribution in [-0.4, -0.2) is 88.0 Å². The summed E-state index contributed by atoms with van der Waals surface area (Å²) < 4.78 is 0. The number of allylic oxidation sites excluding steroid dienone is 1. The molecule has 1 aromatic carbocycles. The summed E-state index contributed by atoms with van der Waals surface area (Å²) >= 11 is 6.30. The van der Waals surface area contributed by atoms with Crippen molar-refractivity contribution in [2.24, 2.45) is 17.6 Å². The highest BCUT2D eigenvalue weighted by atomic mass is 35.5. The maximum Gasteiger partial charge on any atom is 0.255 e. The van der Waals surface area contributed by atoms with Crippen molar-refractivity contribution >= 4 is 40.7 Å². The van der Waals surface area contributed by atoms with Gasteiger partial charge in [-0.2, -0.15) is 0 Å². The number of hydrogen-bond acceptors (Lipinski definition) is 10. The molecule has 0 aliphatic heterocycles. The van der Waals surface area contributed by atoms with E-state index in [4.69, 9.17) is 17.3 Å². The van der Waals surface area contributed by atoms with Crippen LogP contribution in [0.2, 0.25) is 5.02 Å². The number of aliphatic hydroxyl groups excluding tert-OH is 2. The largest absolute Gasteiger partial charge is 0.510 e. The van der Waals surface area contributed by atoms with Crippen LogP contribution in [0.25, 0.3) is 0 Å². The van der Waals surface area contributed by atoms with Gasteiger partial charge in [0.25, 0.3) is 5.91 Å². The number of likely N-dealkylation sites (N-methyl/N-ethyl adjacent to an activating group) is 2. The second-order valence-electron chi connectivity index (χ2n) is 9.66. The summed E-state index contributed by atoms with van der Waals surface area (Å²) in [5, 5.41) is 49.6. The summed E-state index contributed by atoms with van der Waals surface area (Å²) in [6.45, 7) is -0.0963. The summed E-state index contributed by atoms with van der Waals surface area (Å²) in [5.41, 5.74) is 1.30. The van der Waals surface area contributed by atoms with Gasteiger partial charge < -0.3 is 36.8 Å². The van der Waals surface area contributed by atoms with Crippen LogP contribution in [0.1, 0.15) is 22.3 Å². The van der Waals surface area contributed by atoms with E-state index >= 15 is 0 Å². The maximum absolute atomic E-state index is 13.6. The van der Waals surface area contributed by atoms with Crippen molar-refractivity contribution in [3.8, 4) is 5.75 Å². The average molecular weight is 535 g/mol. The van der Waals surface area contributed by atoms with E-state index < -0.39 is 69.7 Å². The predicted octanol–water partition coefficient (Wildman–Crippen LogP) is -0.0681. The first-order chi connectivity index (χ1) is 17.3. The number of phenols is 1. The lowest BCUT2D eigenvalue weighted by molar-refractivity contribution is -0.148. The fourth-order valence-corrected chi connectivity index (χ4v) is 6.00. The Labute approximate surface area is 216 Å². The molecule has 12 nitrogen and oxygen atoms in total. The van der Waals surface area contributed by atoms with Crippen molar-refractivity contribution in [1.29, 1.82) is 0 Å². The van der Waals surface area contributed by atoms with Crippen LogP contribution in [-0.2, 0) is 20.8 Å². The van der Waals surface area contributed by atoms with Crippen molar-refractivity contribution in [3.05, 3.63) is 44.9 Å². The molecule has 37 heavy (non-hydrogen) atoms. The fraction of sp³-hybridized carbons (Fsp3) is 0.417. The van der Waals surface area contributed by atoms with Crippen LogP contribution in [0.15, 0.2) is 28.7 Å². The van der Waals surface area contributed by atoms with Crippen molar-refractivity contribution < 1.29 is 39.6 Å². The zero-order valence-corrected chi connectivity index (χ0v) is 21.0.